The molecule has 0 aromatic carbocycles. The van der Waals surface area contributed by atoms with E-state index in [-0.39, 0.29) is 5.92 Å². The van der Waals surface area contributed by atoms with E-state index in [1.54, 1.807) is 0 Å². The molecule has 2 atom stereocenters. The molecule has 1 N–H and O–H groups in total. The topological polar surface area (TPSA) is 40.5 Å². The summed E-state index contributed by atoms with van der Waals surface area (Å²) >= 11 is 0. The molecule has 14 heavy (non-hydrogen) atoms. The van der Waals surface area contributed by atoms with Gasteiger partial charge in [0.1, 0.15) is 0 Å². The van der Waals surface area contributed by atoms with Crippen molar-refractivity contribution in [3.05, 3.63) is 0 Å². The van der Waals surface area contributed by atoms with E-state index in [4.69, 9.17) is 0 Å². The zero-order valence-electron chi connectivity index (χ0n) is 8.78. The van der Waals surface area contributed by atoms with E-state index < -0.39 is 5.97 Å². The molecule has 0 aromatic rings. The van der Waals surface area contributed by atoms with Crippen LogP contribution >= 0.6 is 0 Å². The van der Waals surface area contributed by atoms with Crippen LogP contribution < -0.4 is 0 Å². The largest absolute Gasteiger partial charge is 0.481 e. The second-order valence-corrected chi connectivity index (χ2v) is 4.75. The summed E-state index contributed by atoms with van der Waals surface area (Å²) in [7, 11) is 2.09. The fraction of sp³-hybridized carbons (Fsp3) is 0.909. The van der Waals surface area contributed by atoms with Crippen LogP contribution in [0.1, 0.15) is 32.1 Å². The van der Waals surface area contributed by atoms with Crippen LogP contribution in [-0.4, -0.2) is 35.6 Å². The summed E-state index contributed by atoms with van der Waals surface area (Å²) in [5, 5.41) is 9.20. The maximum absolute atomic E-state index is 11.2. The molecule has 1 saturated heterocycles. The van der Waals surface area contributed by atoms with Gasteiger partial charge in [-0.05, 0) is 45.2 Å². The summed E-state index contributed by atoms with van der Waals surface area (Å²) < 4.78 is 0. The normalized spacial score (nSPS) is 35.2. The first-order valence-electron chi connectivity index (χ1n) is 5.63. The Bertz CT molecular complexity index is 225. The Morgan fingerprint density at radius 2 is 2.00 bits per heavy atom. The van der Waals surface area contributed by atoms with Crippen molar-refractivity contribution in [1.29, 1.82) is 0 Å². The van der Waals surface area contributed by atoms with Gasteiger partial charge in [0.25, 0.3) is 0 Å². The van der Waals surface area contributed by atoms with Crippen LogP contribution in [0.15, 0.2) is 0 Å². The first-order valence-corrected chi connectivity index (χ1v) is 5.63. The lowest BCUT2D eigenvalue weighted by molar-refractivity contribution is -0.144. The number of hydrogen-bond donors (Lipinski definition) is 1. The molecule has 1 heterocycles. The number of nitrogens with zero attached hydrogens (tertiary/aromatic N) is 1. The maximum atomic E-state index is 11.2. The summed E-state index contributed by atoms with van der Waals surface area (Å²) in [6.45, 7) is 1.07. The predicted octanol–water partition coefficient (Wildman–Crippen LogP) is 1.58. The molecule has 2 aliphatic rings. The van der Waals surface area contributed by atoms with E-state index in [2.05, 4.69) is 11.9 Å². The molecule has 1 saturated carbocycles. The molecule has 3 nitrogen and oxygen atoms in total. The molecule has 1 aliphatic heterocycles. The highest BCUT2D eigenvalue weighted by molar-refractivity contribution is 5.71. The minimum atomic E-state index is -0.587. The average Bonchev–Trinajstić information content (AvgIpc) is 2.89. The minimum Gasteiger partial charge on any atom is -0.481 e. The van der Waals surface area contributed by atoms with E-state index in [1.165, 1.54) is 12.8 Å². The number of rotatable bonds is 2. The quantitative estimate of drug-likeness (QED) is 0.730. The molecule has 0 aromatic heterocycles. The summed E-state index contributed by atoms with van der Waals surface area (Å²) in [5.41, 5.74) is 0. The lowest BCUT2D eigenvalue weighted by Gasteiger charge is -2.30. The maximum Gasteiger partial charge on any atom is 0.308 e. The van der Waals surface area contributed by atoms with Gasteiger partial charge in [-0.2, -0.15) is 0 Å². The van der Waals surface area contributed by atoms with Crippen LogP contribution in [0.4, 0.5) is 0 Å². The van der Waals surface area contributed by atoms with Gasteiger partial charge in [0, 0.05) is 6.04 Å². The van der Waals surface area contributed by atoms with Gasteiger partial charge in [-0.15, -0.1) is 0 Å². The monoisotopic (exact) mass is 197 g/mol. The van der Waals surface area contributed by atoms with Crippen molar-refractivity contribution in [2.45, 2.75) is 38.1 Å². The smallest absolute Gasteiger partial charge is 0.308 e. The second-order valence-electron chi connectivity index (χ2n) is 4.75. The Kier molecular flexibility index (Phi) is 2.77. The fourth-order valence-corrected chi connectivity index (χ4v) is 2.75. The molecular weight excluding hydrogens is 178 g/mol. The van der Waals surface area contributed by atoms with Crippen LogP contribution in [0.2, 0.25) is 0 Å². The van der Waals surface area contributed by atoms with Crippen molar-refractivity contribution >= 4 is 5.97 Å². The first kappa shape index (κ1) is 9.97. The van der Waals surface area contributed by atoms with E-state index in [0.29, 0.717) is 12.0 Å². The van der Waals surface area contributed by atoms with E-state index >= 15 is 0 Å². The van der Waals surface area contributed by atoms with Crippen LogP contribution in [0, 0.1) is 11.8 Å². The van der Waals surface area contributed by atoms with Crippen LogP contribution in [0.3, 0.4) is 0 Å². The number of carbonyl (C=O) groups is 1. The van der Waals surface area contributed by atoms with Gasteiger partial charge in [-0.1, -0.05) is 6.42 Å². The van der Waals surface area contributed by atoms with Gasteiger partial charge in [0.2, 0.25) is 0 Å². The summed E-state index contributed by atoms with van der Waals surface area (Å²) in [4.78, 5) is 13.4. The second kappa shape index (κ2) is 3.89. The SMILES string of the molecule is CN1CCCC[C@H](C(=O)O)[C@H]1C1CC1. The highest BCUT2D eigenvalue weighted by Crippen LogP contribution is 2.41. The van der Waals surface area contributed by atoms with Crippen LogP contribution in [0.5, 0.6) is 0 Å². The Hall–Kier alpha value is -0.570. The molecule has 2 fully saturated rings. The average molecular weight is 197 g/mol. The molecule has 0 spiro atoms. The van der Waals surface area contributed by atoms with Crippen molar-refractivity contribution in [1.82, 2.24) is 4.90 Å². The fourth-order valence-electron chi connectivity index (χ4n) is 2.75. The molecule has 2 rings (SSSR count). The van der Waals surface area contributed by atoms with E-state index in [1.807, 2.05) is 0 Å². The summed E-state index contributed by atoms with van der Waals surface area (Å²) in [6.07, 6.45) is 5.58. The molecule has 80 valence electrons. The first-order chi connectivity index (χ1) is 6.70. The van der Waals surface area contributed by atoms with Gasteiger partial charge in [-0.25, -0.2) is 0 Å². The van der Waals surface area contributed by atoms with Crippen molar-refractivity contribution in [3.63, 3.8) is 0 Å². The van der Waals surface area contributed by atoms with Crippen LogP contribution in [-0.2, 0) is 4.79 Å². The molecule has 1 aliphatic carbocycles. The Balaban J connectivity index is 2.12. The zero-order chi connectivity index (χ0) is 10.1. The number of likely N-dealkylation sites (tertiary alicyclic amines) is 1. The number of aliphatic carboxylic acids is 1. The van der Waals surface area contributed by atoms with E-state index in [9.17, 15) is 9.90 Å². The third-order valence-electron chi connectivity index (χ3n) is 3.62. The van der Waals surface area contributed by atoms with Gasteiger partial charge in [0.15, 0.2) is 0 Å². The van der Waals surface area contributed by atoms with Gasteiger partial charge in [-0.3, -0.25) is 4.79 Å². The number of hydrogen-bond acceptors (Lipinski definition) is 2. The highest BCUT2D eigenvalue weighted by Gasteiger charge is 2.42. The molecule has 0 bridgehead atoms. The highest BCUT2D eigenvalue weighted by atomic mass is 16.4. The Morgan fingerprint density at radius 1 is 1.29 bits per heavy atom. The zero-order valence-corrected chi connectivity index (χ0v) is 8.78. The van der Waals surface area contributed by atoms with E-state index in [0.717, 1.165) is 25.8 Å². The Labute approximate surface area is 85.1 Å². The third kappa shape index (κ3) is 1.92. The third-order valence-corrected chi connectivity index (χ3v) is 3.62. The summed E-state index contributed by atoms with van der Waals surface area (Å²) in [5.74, 6) is -0.0372. The number of carboxylic acid groups (broad SMARTS) is 1. The standard InChI is InChI=1S/C11H19NO2/c1-12-7-3-2-4-9(11(13)14)10(12)8-5-6-8/h8-10H,2-7H2,1H3,(H,13,14)/t9-,10+/m0/s1. The molecule has 0 radical (unpaired) electrons. The van der Waals surface area contributed by atoms with Gasteiger partial charge >= 0.3 is 5.97 Å². The van der Waals surface area contributed by atoms with Crippen molar-refractivity contribution < 1.29 is 9.90 Å². The molecular formula is C11H19NO2. The molecule has 3 heteroatoms. The molecule has 0 unspecified atom stereocenters. The lowest BCUT2D eigenvalue weighted by atomic mass is 9.91. The van der Waals surface area contributed by atoms with Crippen molar-refractivity contribution in [3.8, 4) is 0 Å². The summed E-state index contributed by atoms with van der Waals surface area (Å²) in [6, 6.07) is 0.315. The van der Waals surface area contributed by atoms with Crippen molar-refractivity contribution in [2.75, 3.05) is 13.6 Å². The molecule has 0 amide bonds. The van der Waals surface area contributed by atoms with Gasteiger partial charge < -0.3 is 10.0 Å². The number of carboxylic acids is 1. The minimum absolute atomic E-state index is 0.116. The van der Waals surface area contributed by atoms with Crippen LogP contribution in [0.25, 0.3) is 0 Å². The Morgan fingerprint density at radius 3 is 2.57 bits per heavy atom. The van der Waals surface area contributed by atoms with Crippen molar-refractivity contribution in [2.24, 2.45) is 11.8 Å². The lowest BCUT2D eigenvalue weighted by Crippen LogP contribution is -2.41. The predicted molar refractivity (Wildman–Crippen MR) is 54.1 cm³/mol. The van der Waals surface area contributed by atoms with Gasteiger partial charge in [0.05, 0.1) is 5.92 Å².